The number of hydrogen-bond acceptors (Lipinski definition) is 5. The lowest BCUT2D eigenvalue weighted by atomic mass is 9.83. The third-order valence-electron chi connectivity index (χ3n) is 5.86. The number of hydrogen-bond donors (Lipinski definition) is 2. The van der Waals surface area contributed by atoms with Gasteiger partial charge in [-0.25, -0.2) is 9.78 Å². The van der Waals surface area contributed by atoms with Gasteiger partial charge in [-0.05, 0) is 49.3 Å². The fourth-order valence-corrected chi connectivity index (χ4v) is 4.70. The molecule has 9 heteroatoms. The number of nitrogens with one attached hydrogen (secondary N) is 1. The molecule has 1 aromatic carbocycles. The van der Waals surface area contributed by atoms with Gasteiger partial charge in [0.25, 0.3) is 5.56 Å². The molecule has 2 amide bonds. The van der Waals surface area contributed by atoms with Crippen LogP contribution in [0.25, 0.3) is 21.7 Å². The average molecular weight is 483 g/mol. The van der Waals surface area contributed by atoms with Crippen molar-refractivity contribution in [3.63, 3.8) is 0 Å². The molecule has 3 aromatic rings. The fourth-order valence-electron chi connectivity index (χ4n) is 4.70. The second kappa shape index (κ2) is 9.93. The van der Waals surface area contributed by atoms with Crippen molar-refractivity contribution in [2.24, 2.45) is 18.4 Å². The van der Waals surface area contributed by atoms with E-state index in [0.29, 0.717) is 40.2 Å². The van der Waals surface area contributed by atoms with Crippen molar-refractivity contribution < 1.29 is 19.5 Å². The summed E-state index contributed by atoms with van der Waals surface area (Å²) in [5.74, 6) is 0.696. The lowest BCUT2D eigenvalue weighted by Gasteiger charge is -2.30. The summed E-state index contributed by atoms with van der Waals surface area (Å²) in [6, 6.07) is 6.38. The van der Waals surface area contributed by atoms with Crippen LogP contribution in [0.3, 0.4) is 0 Å². The molecular formula is C26H34N4O5. The van der Waals surface area contributed by atoms with Crippen molar-refractivity contribution in [1.82, 2.24) is 14.6 Å². The number of benzene rings is 1. The van der Waals surface area contributed by atoms with E-state index in [1.165, 1.54) is 17.7 Å². The Morgan fingerprint density at radius 2 is 1.86 bits per heavy atom. The van der Waals surface area contributed by atoms with Crippen LogP contribution in [0.2, 0.25) is 0 Å². The summed E-state index contributed by atoms with van der Waals surface area (Å²) >= 11 is 0. The van der Waals surface area contributed by atoms with Gasteiger partial charge >= 0.3 is 6.09 Å². The van der Waals surface area contributed by atoms with Crippen molar-refractivity contribution in [2.45, 2.75) is 60.4 Å². The molecule has 3 rings (SSSR count). The van der Waals surface area contributed by atoms with Gasteiger partial charge in [0.2, 0.25) is 5.91 Å². The number of hydroxylamine groups is 2. The lowest BCUT2D eigenvalue weighted by molar-refractivity contribution is -0.114. The Kier molecular flexibility index (Phi) is 7.38. The summed E-state index contributed by atoms with van der Waals surface area (Å²) in [6.45, 7) is 11.8. The molecule has 0 aliphatic rings. The molecule has 0 spiro atoms. The molecule has 0 aliphatic heterocycles. The second-order valence-electron chi connectivity index (χ2n) is 10.5. The number of carboxylic acid groups (broad SMARTS) is 1. The molecule has 0 saturated heterocycles. The third-order valence-corrected chi connectivity index (χ3v) is 5.86. The van der Waals surface area contributed by atoms with Crippen LogP contribution in [0.5, 0.6) is 5.75 Å². The Balaban J connectivity index is 1.97. The Hall–Kier alpha value is -3.62. The van der Waals surface area contributed by atoms with Gasteiger partial charge in [0.05, 0.1) is 16.9 Å². The van der Waals surface area contributed by atoms with Crippen molar-refractivity contribution in [2.75, 3.05) is 5.32 Å². The van der Waals surface area contributed by atoms with E-state index in [-0.39, 0.29) is 22.9 Å². The van der Waals surface area contributed by atoms with Gasteiger partial charge in [-0.3, -0.25) is 9.59 Å². The van der Waals surface area contributed by atoms with Crippen LogP contribution in [0.1, 0.15) is 54.4 Å². The molecule has 0 aliphatic carbocycles. The van der Waals surface area contributed by atoms with E-state index in [4.69, 9.17) is 4.84 Å². The quantitative estimate of drug-likeness (QED) is 0.355. The Labute approximate surface area is 204 Å². The van der Waals surface area contributed by atoms with E-state index in [1.807, 2.05) is 6.92 Å². The zero-order chi connectivity index (χ0) is 26.1. The Morgan fingerprint density at radius 1 is 1.17 bits per heavy atom. The van der Waals surface area contributed by atoms with Gasteiger partial charge in [-0.1, -0.05) is 27.7 Å². The molecule has 2 N–H and O–H groups in total. The van der Waals surface area contributed by atoms with Gasteiger partial charge in [0.15, 0.2) is 5.75 Å². The minimum Gasteiger partial charge on any atom is -0.463 e. The topological polar surface area (TPSA) is 114 Å². The number of amides is 2. The summed E-state index contributed by atoms with van der Waals surface area (Å²) in [6.07, 6.45) is 1.88. The minimum absolute atomic E-state index is 0.148. The number of aryl methyl sites for hydroxylation is 1. The number of rotatable bonds is 7. The number of fused-ring (bicyclic) bond motifs is 3. The Bertz CT molecular complexity index is 1330. The van der Waals surface area contributed by atoms with Crippen LogP contribution < -0.4 is 15.7 Å². The Morgan fingerprint density at radius 3 is 2.46 bits per heavy atom. The molecular weight excluding hydrogens is 448 g/mol. The molecule has 0 bridgehead atoms. The summed E-state index contributed by atoms with van der Waals surface area (Å²) < 4.78 is 1.48. The highest BCUT2D eigenvalue weighted by atomic mass is 16.7. The SMILES string of the molecule is CC(=O)Nc1cc2c(cn1)c(=O)n(C)c1cc(ON(C(=O)O)C(C)CC(C)CC(C)(C)C)ccc21. The molecule has 0 saturated carbocycles. The molecule has 0 fully saturated rings. The molecule has 2 aromatic heterocycles. The summed E-state index contributed by atoms with van der Waals surface area (Å²) in [4.78, 5) is 46.4. The predicted molar refractivity (Wildman–Crippen MR) is 137 cm³/mol. The van der Waals surface area contributed by atoms with Crippen LogP contribution in [-0.4, -0.2) is 37.8 Å². The molecule has 35 heavy (non-hydrogen) atoms. The predicted octanol–water partition coefficient (Wildman–Crippen LogP) is 5.17. The van der Waals surface area contributed by atoms with Crippen LogP contribution in [0.15, 0.2) is 35.3 Å². The molecule has 2 heterocycles. The number of carbonyl (C=O) groups is 2. The highest BCUT2D eigenvalue weighted by Gasteiger charge is 2.26. The molecule has 9 nitrogen and oxygen atoms in total. The second-order valence-corrected chi connectivity index (χ2v) is 10.5. The molecule has 0 radical (unpaired) electrons. The van der Waals surface area contributed by atoms with Crippen molar-refractivity contribution in [3.8, 4) is 5.75 Å². The fraction of sp³-hybridized carbons (Fsp3) is 0.462. The maximum absolute atomic E-state index is 13.0. The van der Waals surface area contributed by atoms with Gasteiger partial charge < -0.3 is 19.8 Å². The minimum atomic E-state index is -1.18. The van der Waals surface area contributed by atoms with E-state index in [2.05, 4.69) is 38.0 Å². The smallest absolute Gasteiger partial charge is 0.440 e. The first-order chi connectivity index (χ1) is 16.3. The largest absolute Gasteiger partial charge is 0.463 e. The van der Waals surface area contributed by atoms with Gasteiger partial charge in [-0.2, -0.15) is 0 Å². The number of carbonyl (C=O) groups excluding carboxylic acids is 1. The van der Waals surface area contributed by atoms with E-state index in [1.54, 1.807) is 31.3 Å². The van der Waals surface area contributed by atoms with Gasteiger partial charge in [0, 0.05) is 37.0 Å². The van der Waals surface area contributed by atoms with Crippen LogP contribution in [0, 0.1) is 11.3 Å². The summed E-state index contributed by atoms with van der Waals surface area (Å²) in [5, 5.41) is 15.2. The van der Waals surface area contributed by atoms with Crippen molar-refractivity contribution >= 4 is 39.5 Å². The number of aromatic nitrogens is 2. The van der Waals surface area contributed by atoms with Gasteiger partial charge in [-0.15, -0.1) is 5.06 Å². The lowest BCUT2D eigenvalue weighted by Crippen LogP contribution is -2.41. The van der Waals surface area contributed by atoms with E-state index >= 15 is 0 Å². The zero-order valence-electron chi connectivity index (χ0n) is 21.4. The normalized spacial score (nSPS) is 13.5. The number of anilines is 1. The summed E-state index contributed by atoms with van der Waals surface area (Å²) in [7, 11) is 1.64. The third kappa shape index (κ3) is 6.09. The first-order valence-electron chi connectivity index (χ1n) is 11.7. The maximum Gasteiger partial charge on any atom is 0.440 e. The van der Waals surface area contributed by atoms with Crippen LogP contribution in [0.4, 0.5) is 10.6 Å². The first-order valence-corrected chi connectivity index (χ1v) is 11.7. The maximum atomic E-state index is 13.0. The van der Waals surface area contributed by atoms with Crippen LogP contribution >= 0.6 is 0 Å². The molecule has 188 valence electrons. The zero-order valence-corrected chi connectivity index (χ0v) is 21.4. The number of pyridine rings is 2. The summed E-state index contributed by atoms with van der Waals surface area (Å²) in [5.41, 5.74) is 0.458. The van der Waals surface area contributed by atoms with Gasteiger partial charge in [0.1, 0.15) is 5.82 Å². The van der Waals surface area contributed by atoms with Crippen molar-refractivity contribution in [1.29, 1.82) is 0 Å². The first kappa shape index (κ1) is 26.0. The highest BCUT2D eigenvalue weighted by Crippen LogP contribution is 2.30. The molecule has 2 unspecified atom stereocenters. The standard InChI is InChI=1S/C26H34N4O5/c1-15(13-26(4,5)6)10-16(2)30(25(33)34)35-18-8-9-19-20-12-23(28-17(3)31)27-14-21(20)24(32)29(7)22(19)11-18/h8-9,11-12,14-16H,10,13H2,1-7H3,(H,33,34)(H,27,28,31). The van der Waals surface area contributed by atoms with E-state index in [0.717, 1.165) is 16.9 Å². The monoisotopic (exact) mass is 482 g/mol. The van der Waals surface area contributed by atoms with E-state index < -0.39 is 6.09 Å². The van der Waals surface area contributed by atoms with Crippen LogP contribution in [-0.2, 0) is 11.8 Å². The molecule has 2 atom stereocenters. The number of nitrogens with zero attached hydrogens (tertiary/aromatic N) is 3. The highest BCUT2D eigenvalue weighted by molar-refractivity contribution is 6.07. The van der Waals surface area contributed by atoms with Crippen molar-refractivity contribution in [3.05, 3.63) is 40.8 Å². The average Bonchev–Trinajstić information content (AvgIpc) is 2.73. The van der Waals surface area contributed by atoms with E-state index in [9.17, 15) is 19.5 Å².